The number of allylic oxidation sites excluding steroid dienone is 1. The quantitative estimate of drug-likeness (QED) is 0.365. The number of carbonyl (C=O) groups is 1. The summed E-state index contributed by atoms with van der Waals surface area (Å²) in [4.78, 5) is 22.1. The summed E-state index contributed by atoms with van der Waals surface area (Å²) in [6.07, 6.45) is 5.44. The summed E-state index contributed by atoms with van der Waals surface area (Å²) in [5, 5.41) is 3.82. The molecule has 0 spiro atoms. The third-order valence-electron chi connectivity index (χ3n) is 4.74. The Labute approximate surface area is 179 Å². The van der Waals surface area contributed by atoms with Gasteiger partial charge in [-0.3, -0.25) is 10.3 Å². The van der Waals surface area contributed by atoms with Gasteiger partial charge in [-0.25, -0.2) is 9.78 Å². The molecule has 0 aliphatic carbocycles. The summed E-state index contributed by atoms with van der Waals surface area (Å²) in [5.74, 6) is 0.396. The van der Waals surface area contributed by atoms with Crippen LogP contribution in [0, 0.1) is 6.92 Å². The maximum atomic E-state index is 12.6. The number of nitrogens with one attached hydrogen (secondary N) is 1. The Bertz CT molecular complexity index is 906. The van der Waals surface area contributed by atoms with Crippen LogP contribution in [0.5, 0.6) is 0 Å². The van der Waals surface area contributed by atoms with Crippen molar-refractivity contribution in [3.8, 4) is 0 Å². The van der Waals surface area contributed by atoms with Crippen LogP contribution in [0.4, 0.5) is 16.3 Å². The van der Waals surface area contributed by atoms with Crippen molar-refractivity contribution in [3.63, 3.8) is 0 Å². The van der Waals surface area contributed by atoms with Crippen molar-refractivity contribution in [2.45, 2.75) is 60.0 Å². The SMILES string of the molecule is CC/C=C/C(CC)OC(=O)Nc1nc2ccccc2c(C)c1N=C(CC)COCC. The number of carbonyl (C=O) groups excluding carboxylic acids is 1. The normalized spacial score (nSPS) is 13.0. The van der Waals surface area contributed by atoms with Gasteiger partial charge in [-0.2, -0.15) is 0 Å². The van der Waals surface area contributed by atoms with Gasteiger partial charge in [0, 0.05) is 17.7 Å². The van der Waals surface area contributed by atoms with Crippen LogP contribution in [0.3, 0.4) is 0 Å². The van der Waals surface area contributed by atoms with Gasteiger partial charge in [-0.05, 0) is 50.8 Å². The van der Waals surface area contributed by atoms with Crippen LogP contribution in [0.2, 0.25) is 0 Å². The maximum Gasteiger partial charge on any atom is 0.413 e. The summed E-state index contributed by atoms with van der Waals surface area (Å²) in [6, 6.07) is 7.83. The number of aryl methyl sites for hydroxylation is 1. The number of nitrogens with zero attached hydrogens (tertiary/aromatic N) is 2. The number of benzene rings is 1. The number of hydrogen-bond acceptors (Lipinski definition) is 5. The fourth-order valence-electron chi connectivity index (χ4n) is 2.99. The van der Waals surface area contributed by atoms with Crippen LogP contribution in [0.15, 0.2) is 41.4 Å². The highest BCUT2D eigenvalue weighted by Crippen LogP contribution is 2.33. The molecule has 1 aromatic carbocycles. The average molecular weight is 412 g/mol. The molecule has 30 heavy (non-hydrogen) atoms. The lowest BCUT2D eigenvalue weighted by atomic mass is 10.1. The molecule has 162 valence electrons. The van der Waals surface area contributed by atoms with E-state index in [1.165, 1.54) is 0 Å². The Morgan fingerprint density at radius 3 is 2.67 bits per heavy atom. The Hall–Kier alpha value is -2.73. The molecule has 1 unspecified atom stereocenters. The van der Waals surface area contributed by atoms with E-state index in [4.69, 9.17) is 14.5 Å². The van der Waals surface area contributed by atoms with Crippen LogP contribution in [-0.2, 0) is 9.47 Å². The minimum absolute atomic E-state index is 0.275. The zero-order valence-electron chi connectivity index (χ0n) is 18.7. The van der Waals surface area contributed by atoms with E-state index in [0.717, 1.165) is 35.0 Å². The van der Waals surface area contributed by atoms with Crippen molar-refractivity contribution in [1.82, 2.24) is 4.98 Å². The second kappa shape index (κ2) is 12.1. The maximum absolute atomic E-state index is 12.6. The van der Waals surface area contributed by atoms with Gasteiger partial charge in [0.25, 0.3) is 0 Å². The number of para-hydroxylation sites is 1. The number of anilines is 1. The topological polar surface area (TPSA) is 72.8 Å². The second-order valence-electron chi connectivity index (χ2n) is 6.93. The minimum atomic E-state index is -0.538. The van der Waals surface area contributed by atoms with E-state index in [2.05, 4.69) is 10.3 Å². The van der Waals surface area contributed by atoms with Crippen molar-refractivity contribution < 1.29 is 14.3 Å². The van der Waals surface area contributed by atoms with Crippen LogP contribution in [-0.4, -0.2) is 36.1 Å². The van der Waals surface area contributed by atoms with Crippen LogP contribution < -0.4 is 5.32 Å². The van der Waals surface area contributed by atoms with Gasteiger partial charge in [0.05, 0.1) is 12.1 Å². The zero-order valence-corrected chi connectivity index (χ0v) is 18.7. The number of rotatable bonds is 10. The monoisotopic (exact) mass is 411 g/mol. The smallest absolute Gasteiger partial charge is 0.413 e. The second-order valence-corrected chi connectivity index (χ2v) is 6.93. The molecule has 1 amide bonds. The van der Waals surface area contributed by atoms with Crippen molar-refractivity contribution in [3.05, 3.63) is 42.0 Å². The Morgan fingerprint density at radius 2 is 2.00 bits per heavy atom. The molecule has 2 aromatic rings. The number of pyridine rings is 1. The summed E-state index contributed by atoms with van der Waals surface area (Å²) in [6.45, 7) is 11.1. The molecule has 0 saturated carbocycles. The number of amides is 1. The first-order valence-electron chi connectivity index (χ1n) is 10.7. The molecule has 0 bridgehead atoms. The number of ether oxygens (including phenoxy) is 2. The van der Waals surface area contributed by atoms with Gasteiger partial charge in [-0.15, -0.1) is 0 Å². The molecule has 0 aliphatic heterocycles. The third kappa shape index (κ3) is 6.39. The highest BCUT2D eigenvalue weighted by molar-refractivity contribution is 5.98. The van der Waals surface area contributed by atoms with Gasteiger partial charge in [-0.1, -0.05) is 45.0 Å². The van der Waals surface area contributed by atoms with Crippen molar-refractivity contribution >= 4 is 34.2 Å². The van der Waals surface area contributed by atoms with E-state index in [-0.39, 0.29) is 6.10 Å². The molecule has 1 heterocycles. The largest absolute Gasteiger partial charge is 0.442 e. The lowest BCUT2D eigenvalue weighted by molar-refractivity contribution is 0.132. The first-order valence-corrected chi connectivity index (χ1v) is 10.7. The van der Waals surface area contributed by atoms with Gasteiger partial charge in [0.1, 0.15) is 11.8 Å². The van der Waals surface area contributed by atoms with E-state index in [1.807, 2.05) is 71.0 Å². The Kier molecular flexibility index (Phi) is 9.48. The number of fused-ring (bicyclic) bond motifs is 1. The molecule has 0 saturated heterocycles. The summed E-state index contributed by atoms with van der Waals surface area (Å²) in [7, 11) is 0. The average Bonchev–Trinajstić information content (AvgIpc) is 2.76. The van der Waals surface area contributed by atoms with Gasteiger partial charge in [0.2, 0.25) is 0 Å². The van der Waals surface area contributed by atoms with E-state index in [1.54, 1.807) is 0 Å². The Morgan fingerprint density at radius 1 is 1.23 bits per heavy atom. The number of aliphatic imine (C=N–C) groups is 1. The van der Waals surface area contributed by atoms with Gasteiger partial charge in [0.15, 0.2) is 5.82 Å². The molecular weight excluding hydrogens is 378 g/mol. The summed E-state index contributed by atoms with van der Waals surface area (Å²) < 4.78 is 11.1. The van der Waals surface area contributed by atoms with Crippen molar-refractivity contribution in [1.29, 1.82) is 0 Å². The molecule has 1 N–H and O–H groups in total. The standard InChI is InChI=1S/C24H33N3O3/c1-6-10-13-19(8-3)30-24(28)27-23-22(25-18(7-2)16-29-9-4)17(5)20-14-11-12-15-21(20)26-23/h10-15,19H,6-9,16H2,1-5H3,(H,26,27,28)/b13-10+,25-18?. The van der Waals surface area contributed by atoms with Crippen LogP contribution in [0.25, 0.3) is 10.9 Å². The van der Waals surface area contributed by atoms with Crippen molar-refractivity contribution in [2.75, 3.05) is 18.5 Å². The molecule has 2 rings (SSSR count). The third-order valence-corrected chi connectivity index (χ3v) is 4.74. The van der Waals surface area contributed by atoms with E-state index < -0.39 is 6.09 Å². The molecule has 0 fully saturated rings. The van der Waals surface area contributed by atoms with Gasteiger partial charge >= 0.3 is 6.09 Å². The molecule has 6 heteroatoms. The summed E-state index contributed by atoms with van der Waals surface area (Å²) in [5.41, 5.74) is 3.28. The molecule has 1 atom stereocenters. The number of aromatic nitrogens is 1. The van der Waals surface area contributed by atoms with Crippen LogP contribution >= 0.6 is 0 Å². The fraction of sp³-hybridized carbons (Fsp3) is 0.458. The molecular formula is C24H33N3O3. The minimum Gasteiger partial charge on any atom is -0.442 e. The lowest BCUT2D eigenvalue weighted by Gasteiger charge is -2.16. The number of hydrogen-bond donors (Lipinski definition) is 1. The molecule has 1 aromatic heterocycles. The first kappa shape index (κ1) is 23.5. The molecule has 0 aliphatic rings. The fourth-order valence-corrected chi connectivity index (χ4v) is 2.99. The molecule has 6 nitrogen and oxygen atoms in total. The molecule has 0 radical (unpaired) electrons. The predicted molar refractivity (Wildman–Crippen MR) is 124 cm³/mol. The van der Waals surface area contributed by atoms with E-state index >= 15 is 0 Å². The van der Waals surface area contributed by atoms with Gasteiger partial charge < -0.3 is 9.47 Å². The van der Waals surface area contributed by atoms with E-state index in [0.29, 0.717) is 31.1 Å². The predicted octanol–water partition coefficient (Wildman–Crippen LogP) is 6.36. The highest BCUT2D eigenvalue weighted by Gasteiger charge is 2.17. The highest BCUT2D eigenvalue weighted by atomic mass is 16.6. The van der Waals surface area contributed by atoms with E-state index in [9.17, 15) is 4.79 Å². The van der Waals surface area contributed by atoms with Crippen molar-refractivity contribution in [2.24, 2.45) is 4.99 Å². The van der Waals surface area contributed by atoms with Crippen LogP contribution in [0.1, 0.15) is 52.5 Å². The first-order chi connectivity index (χ1) is 14.5. The summed E-state index contributed by atoms with van der Waals surface area (Å²) >= 11 is 0. The zero-order chi connectivity index (χ0) is 21.9. The lowest BCUT2D eigenvalue weighted by Crippen LogP contribution is -2.21. The Balaban J connectivity index is 2.42.